The van der Waals surface area contributed by atoms with Gasteiger partial charge in [0.25, 0.3) is 11.9 Å². The predicted octanol–water partition coefficient (Wildman–Crippen LogP) is 2.83. The molecule has 1 fully saturated rings. The first-order valence-corrected chi connectivity index (χ1v) is 10.7. The van der Waals surface area contributed by atoms with E-state index in [1.54, 1.807) is 6.92 Å². The summed E-state index contributed by atoms with van der Waals surface area (Å²) in [5.74, 6) is -1.03. The zero-order valence-electron chi connectivity index (χ0n) is 16.7. The number of amides is 1. The Morgan fingerprint density at radius 2 is 2.03 bits per heavy atom. The van der Waals surface area contributed by atoms with Crippen molar-refractivity contribution < 1.29 is 35.5 Å². The van der Waals surface area contributed by atoms with Crippen molar-refractivity contribution in [3.63, 3.8) is 0 Å². The Morgan fingerprint density at radius 1 is 1.29 bits per heavy atom. The number of hydrogen-bond donors (Lipinski definition) is 2. The lowest BCUT2D eigenvalue weighted by Gasteiger charge is -2.19. The number of alkyl halides is 3. The number of aromatic nitrogens is 1. The third kappa shape index (κ3) is 5.74. The molecule has 0 aliphatic carbocycles. The third-order valence-corrected chi connectivity index (χ3v) is 6.12. The smallest absolute Gasteiger partial charge is 0.416 e. The van der Waals surface area contributed by atoms with Gasteiger partial charge in [-0.15, -0.1) is 0 Å². The minimum absolute atomic E-state index is 0.0786. The Kier molecular flexibility index (Phi) is 6.57. The number of carbonyl (C=O) groups excluding carboxylic acids is 1. The SMILES string of the molecule is Cc1ccc(C(F)(F)F)cc1Nc1nc(C(=O)NS(=O)(=O)N2CCOC(C)CC2)co1. The van der Waals surface area contributed by atoms with E-state index in [0.29, 0.717) is 12.0 Å². The number of hydrogen-bond acceptors (Lipinski definition) is 7. The van der Waals surface area contributed by atoms with Gasteiger partial charge < -0.3 is 14.5 Å². The average Bonchev–Trinajstić information content (AvgIpc) is 3.02. The van der Waals surface area contributed by atoms with Gasteiger partial charge in [0.15, 0.2) is 5.69 Å². The summed E-state index contributed by atoms with van der Waals surface area (Å²) < 4.78 is 77.1. The Morgan fingerprint density at radius 3 is 2.74 bits per heavy atom. The molecule has 2 N–H and O–H groups in total. The normalized spacial score (nSPS) is 18.4. The molecule has 1 atom stereocenters. The standard InChI is InChI=1S/C18H21F3N4O5S/c1-11-3-4-13(18(19,20)21)9-14(11)22-17-23-15(10-30-17)16(26)24-31(27,28)25-6-5-12(2)29-8-7-25/h3-4,9-10,12H,5-8H2,1-2H3,(H,22,23)(H,24,26). The van der Waals surface area contributed by atoms with Crippen LogP contribution in [0.25, 0.3) is 0 Å². The quantitative estimate of drug-likeness (QED) is 0.702. The number of anilines is 2. The summed E-state index contributed by atoms with van der Waals surface area (Å²) in [4.78, 5) is 16.1. The number of aryl methyl sites for hydroxylation is 1. The molecule has 9 nitrogen and oxygen atoms in total. The highest BCUT2D eigenvalue weighted by Gasteiger charge is 2.31. The fraction of sp³-hybridized carbons (Fsp3) is 0.444. The van der Waals surface area contributed by atoms with Crippen LogP contribution in [-0.4, -0.2) is 49.4 Å². The largest absolute Gasteiger partial charge is 0.431 e. The first-order valence-electron chi connectivity index (χ1n) is 9.30. The molecule has 1 amide bonds. The minimum atomic E-state index is -4.53. The molecule has 2 heterocycles. The van der Waals surface area contributed by atoms with Gasteiger partial charge in [-0.1, -0.05) is 6.07 Å². The van der Waals surface area contributed by atoms with E-state index in [1.807, 2.05) is 11.6 Å². The van der Waals surface area contributed by atoms with Crippen LogP contribution >= 0.6 is 0 Å². The van der Waals surface area contributed by atoms with Gasteiger partial charge in [0, 0.05) is 18.8 Å². The maximum absolute atomic E-state index is 12.9. The molecule has 1 aromatic carbocycles. The average molecular weight is 462 g/mol. The zero-order valence-corrected chi connectivity index (χ0v) is 17.5. The van der Waals surface area contributed by atoms with Crippen LogP contribution in [0.15, 0.2) is 28.9 Å². The van der Waals surface area contributed by atoms with E-state index < -0.39 is 27.9 Å². The Hall–Kier alpha value is -2.64. The van der Waals surface area contributed by atoms with Crippen molar-refractivity contribution in [1.29, 1.82) is 0 Å². The highest BCUT2D eigenvalue weighted by atomic mass is 32.2. The molecule has 0 saturated carbocycles. The van der Waals surface area contributed by atoms with Gasteiger partial charge in [0.2, 0.25) is 0 Å². The molecule has 0 spiro atoms. The van der Waals surface area contributed by atoms with Crippen molar-refractivity contribution in [3.05, 3.63) is 41.3 Å². The Labute approximate surface area is 176 Å². The van der Waals surface area contributed by atoms with Crippen molar-refractivity contribution in [3.8, 4) is 0 Å². The van der Waals surface area contributed by atoms with Crippen LogP contribution in [0.2, 0.25) is 0 Å². The predicted molar refractivity (Wildman–Crippen MR) is 104 cm³/mol. The molecule has 13 heteroatoms. The summed E-state index contributed by atoms with van der Waals surface area (Å²) in [6.45, 7) is 3.88. The summed E-state index contributed by atoms with van der Waals surface area (Å²) in [6, 6.07) is 2.84. The summed E-state index contributed by atoms with van der Waals surface area (Å²) >= 11 is 0. The van der Waals surface area contributed by atoms with Crippen molar-refractivity contribution in [1.82, 2.24) is 14.0 Å². The topological polar surface area (TPSA) is 114 Å². The third-order valence-electron chi connectivity index (χ3n) is 4.63. The summed E-state index contributed by atoms with van der Waals surface area (Å²) in [5.41, 5.74) is -0.658. The number of nitrogens with zero attached hydrogens (tertiary/aromatic N) is 2. The lowest BCUT2D eigenvalue weighted by Crippen LogP contribution is -2.44. The molecule has 0 bridgehead atoms. The van der Waals surface area contributed by atoms with Crippen LogP contribution in [0.4, 0.5) is 24.9 Å². The highest BCUT2D eigenvalue weighted by Crippen LogP contribution is 2.32. The van der Waals surface area contributed by atoms with Gasteiger partial charge in [-0.25, -0.2) is 4.72 Å². The summed E-state index contributed by atoms with van der Waals surface area (Å²) in [7, 11) is -4.13. The number of rotatable bonds is 5. The monoisotopic (exact) mass is 462 g/mol. The first-order chi connectivity index (χ1) is 14.5. The van der Waals surface area contributed by atoms with E-state index in [0.717, 1.165) is 22.7 Å². The van der Waals surface area contributed by atoms with Gasteiger partial charge >= 0.3 is 16.4 Å². The molecular formula is C18H21F3N4O5S. The number of benzene rings is 1. The van der Waals surface area contributed by atoms with Crippen molar-refractivity contribution >= 4 is 27.8 Å². The van der Waals surface area contributed by atoms with Crippen molar-refractivity contribution in [2.45, 2.75) is 32.5 Å². The van der Waals surface area contributed by atoms with Gasteiger partial charge in [-0.3, -0.25) is 4.79 Å². The van der Waals surface area contributed by atoms with E-state index in [-0.39, 0.29) is 43.2 Å². The number of ether oxygens (including phenoxy) is 1. The molecule has 1 aliphatic heterocycles. The molecule has 1 saturated heterocycles. The number of nitrogens with one attached hydrogen (secondary N) is 2. The molecule has 170 valence electrons. The van der Waals surface area contributed by atoms with E-state index in [4.69, 9.17) is 9.15 Å². The van der Waals surface area contributed by atoms with Crippen LogP contribution in [0.5, 0.6) is 0 Å². The molecule has 1 aliphatic rings. The van der Waals surface area contributed by atoms with Crippen LogP contribution < -0.4 is 10.0 Å². The number of carbonyl (C=O) groups is 1. The molecule has 2 aromatic rings. The number of halogens is 3. The number of oxazole rings is 1. The maximum atomic E-state index is 12.9. The highest BCUT2D eigenvalue weighted by molar-refractivity contribution is 7.87. The minimum Gasteiger partial charge on any atom is -0.431 e. The van der Waals surface area contributed by atoms with E-state index >= 15 is 0 Å². The summed E-state index contributed by atoms with van der Waals surface area (Å²) in [6.07, 6.45) is -3.25. The fourth-order valence-electron chi connectivity index (χ4n) is 2.83. The Bertz CT molecular complexity index is 1050. The van der Waals surface area contributed by atoms with Crippen LogP contribution in [-0.2, 0) is 21.1 Å². The van der Waals surface area contributed by atoms with E-state index in [9.17, 15) is 26.4 Å². The molecular weight excluding hydrogens is 441 g/mol. The van der Waals surface area contributed by atoms with E-state index in [2.05, 4.69) is 10.3 Å². The zero-order chi connectivity index (χ0) is 22.8. The second-order valence-corrected chi connectivity index (χ2v) is 8.67. The van der Waals surface area contributed by atoms with Gasteiger partial charge in [0.1, 0.15) is 6.26 Å². The Balaban J connectivity index is 1.70. The van der Waals surface area contributed by atoms with E-state index in [1.165, 1.54) is 6.07 Å². The fourth-order valence-corrected chi connectivity index (χ4v) is 3.96. The summed E-state index contributed by atoms with van der Waals surface area (Å²) in [5, 5.41) is 2.57. The van der Waals surface area contributed by atoms with Gasteiger partial charge in [-0.2, -0.15) is 30.9 Å². The molecule has 1 unspecified atom stereocenters. The van der Waals surface area contributed by atoms with Gasteiger partial charge in [0.05, 0.1) is 18.3 Å². The van der Waals surface area contributed by atoms with Crippen molar-refractivity contribution in [2.75, 3.05) is 25.0 Å². The van der Waals surface area contributed by atoms with Gasteiger partial charge in [-0.05, 0) is 38.0 Å². The molecule has 1 aromatic heterocycles. The van der Waals surface area contributed by atoms with Crippen molar-refractivity contribution in [2.24, 2.45) is 0 Å². The second kappa shape index (κ2) is 8.85. The second-order valence-electron chi connectivity index (χ2n) is 7.00. The molecule has 3 rings (SSSR count). The maximum Gasteiger partial charge on any atom is 0.416 e. The lowest BCUT2D eigenvalue weighted by atomic mass is 10.1. The molecule has 0 radical (unpaired) electrons. The molecule has 31 heavy (non-hydrogen) atoms. The van der Waals surface area contributed by atoms with Crippen LogP contribution in [0.1, 0.15) is 35.0 Å². The van der Waals surface area contributed by atoms with Crippen LogP contribution in [0.3, 0.4) is 0 Å². The lowest BCUT2D eigenvalue weighted by molar-refractivity contribution is -0.137. The van der Waals surface area contributed by atoms with Crippen LogP contribution in [0, 0.1) is 6.92 Å². The first kappa shape index (κ1) is 23.0.